The molecule has 0 saturated carbocycles. The van der Waals surface area contributed by atoms with E-state index in [1.165, 1.54) is 116 Å². The van der Waals surface area contributed by atoms with Crippen LogP contribution in [0.25, 0.3) is 0 Å². The number of nitrogens with one attached hydrogen (secondary N) is 1. The number of aliphatic hydroxyl groups is 5. The van der Waals surface area contributed by atoms with Crippen molar-refractivity contribution in [2.75, 3.05) is 13.2 Å². The first-order chi connectivity index (χ1) is 36.2. The maximum absolute atomic E-state index is 13.4. The second-order valence-corrected chi connectivity index (χ2v) is 21.1. The fraction of sp³-hybridized carbons (Fsp3) is 0.810. The number of hydrogen-bond acceptors (Lipinski definition) is 10. The number of carbonyl (C=O) groups is 2. The highest BCUT2D eigenvalue weighted by molar-refractivity contribution is 5.80. The lowest BCUT2D eigenvalue weighted by atomic mass is 9.99. The molecule has 0 radical (unpaired) electrons. The van der Waals surface area contributed by atoms with Gasteiger partial charge in [0.1, 0.15) is 24.4 Å². The van der Waals surface area contributed by atoms with E-state index in [0.29, 0.717) is 12.8 Å². The van der Waals surface area contributed by atoms with Crippen molar-refractivity contribution in [1.29, 1.82) is 0 Å². The van der Waals surface area contributed by atoms with Crippen molar-refractivity contribution in [3.05, 3.63) is 60.8 Å². The molecular weight excluding hydrogens is 931 g/mol. The van der Waals surface area contributed by atoms with Crippen LogP contribution in [-0.4, -0.2) is 99.6 Å². The molecule has 1 fully saturated rings. The lowest BCUT2D eigenvalue weighted by Crippen LogP contribution is -2.61. The number of allylic oxidation sites excluding steroid dienone is 9. The minimum Gasteiger partial charge on any atom is -0.454 e. The number of ether oxygens (including phenoxy) is 3. The molecular formula is C63H113NO10. The molecule has 11 nitrogen and oxygen atoms in total. The van der Waals surface area contributed by atoms with E-state index in [-0.39, 0.29) is 19.4 Å². The number of amides is 1. The van der Waals surface area contributed by atoms with Gasteiger partial charge in [0.15, 0.2) is 12.4 Å². The van der Waals surface area contributed by atoms with E-state index < -0.39 is 67.4 Å². The highest BCUT2D eigenvalue weighted by Gasteiger charge is 2.47. The SMILES string of the molecule is CCCCC/C=C\C/C=C\C/C=C\CCCCCCCCC(=O)OC1C(OCC(NC(=O)C(O)CCCCCCCC/C=C\CCCCCC)C(O)/C=C/CCCCCCCCCCCC)OC(CO)C(O)C1O. The third-order valence-electron chi connectivity index (χ3n) is 14.1. The fourth-order valence-corrected chi connectivity index (χ4v) is 9.24. The number of rotatable bonds is 51. The minimum atomic E-state index is -1.62. The molecule has 1 rings (SSSR count). The number of hydrogen-bond donors (Lipinski definition) is 6. The summed E-state index contributed by atoms with van der Waals surface area (Å²) in [5.41, 5.74) is 0. The molecule has 0 aromatic heterocycles. The molecule has 11 heteroatoms. The largest absolute Gasteiger partial charge is 0.454 e. The first kappa shape index (κ1) is 69.4. The zero-order valence-corrected chi connectivity index (χ0v) is 47.5. The first-order valence-corrected chi connectivity index (χ1v) is 30.6. The predicted octanol–water partition coefficient (Wildman–Crippen LogP) is 14.2. The Balaban J connectivity index is 2.70. The number of unbranched alkanes of at least 4 members (excludes halogenated alkanes) is 29. The molecule has 8 atom stereocenters. The average Bonchev–Trinajstić information content (AvgIpc) is 3.40. The van der Waals surface area contributed by atoms with Crippen LogP contribution in [0, 0.1) is 0 Å². The molecule has 0 aliphatic carbocycles. The Kier molecular flexibility index (Phi) is 47.9. The van der Waals surface area contributed by atoms with Gasteiger partial charge in [-0.2, -0.15) is 0 Å². The summed E-state index contributed by atoms with van der Waals surface area (Å²) in [6.45, 7) is 5.74. The van der Waals surface area contributed by atoms with E-state index in [1.54, 1.807) is 6.08 Å². The summed E-state index contributed by atoms with van der Waals surface area (Å²) in [5.74, 6) is -1.21. The van der Waals surface area contributed by atoms with Crippen LogP contribution >= 0.6 is 0 Å². The van der Waals surface area contributed by atoms with Crippen molar-refractivity contribution in [1.82, 2.24) is 5.32 Å². The van der Waals surface area contributed by atoms with E-state index in [9.17, 15) is 35.1 Å². The van der Waals surface area contributed by atoms with Gasteiger partial charge in [0.05, 0.1) is 25.4 Å². The molecule has 1 heterocycles. The molecule has 1 aliphatic rings. The Morgan fingerprint density at radius 1 is 0.527 bits per heavy atom. The summed E-state index contributed by atoms with van der Waals surface area (Å²) in [5, 5.41) is 56.9. The zero-order valence-electron chi connectivity index (χ0n) is 47.5. The van der Waals surface area contributed by atoms with Crippen LogP contribution in [0.2, 0.25) is 0 Å². The maximum Gasteiger partial charge on any atom is 0.306 e. The third-order valence-corrected chi connectivity index (χ3v) is 14.1. The van der Waals surface area contributed by atoms with Gasteiger partial charge in [-0.05, 0) is 89.9 Å². The Morgan fingerprint density at radius 2 is 0.932 bits per heavy atom. The lowest BCUT2D eigenvalue weighted by molar-refractivity contribution is -0.305. The lowest BCUT2D eigenvalue weighted by Gasteiger charge is -2.41. The van der Waals surface area contributed by atoms with Gasteiger partial charge < -0.3 is 45.1 Å². The normalized spacial score (nSPS) is 19.7. The Labute approximate surface area is 452 Å². The van der Waals surface area contributed by atoms with Crippen LogP contribution < -0.4 is 5.32 Å². The molecule has 0 aromatic carbocycles. The Hall–Kier alpha value is -2.64. The molecule has 430 valence electrons. The van der Waals surface area contributed by atoms with Crippen molar-refractivity contribution in [2.24, 2.45) is 0 Å². The van der Waals surface area contributed by atoms with Crippen LogP contribution in [0.5, 0.6) is 0 Å². The van der Waals surface area contributed by atoms with Crippen molar-refractivity contribution in [3.63, 3.8) is 0 Å². The van der Waals surface area contributed by atoms with Gasteiger partial charge in [0.25, 0.3) is 0 Å². The van der Waals surface area contributed by atoms with Crippen LogP contribution in [-0.2, 0) is 23.8 Å². The maximum atomic E-state index is 13.4. The Bertz CT molecular complexity index is 1430. The number of carbonyl (C=O) groups excluding carboxylic acids is 2. The molecule has 6 N–H and O–H groups in total. The molecule has 74 heavy (non-hydrogen) atoms. The van der Waals surface area contributed by atoms with Crippen molar-refractivity contribution in [2.45, 2.75) is 314 Å². The first-order valence-electron chi connectivity index (χ1n) is 30.6. The van der Waals surface area contributed by atoms with Gasteiger partial charge in [0, 0.05) is 6.42 Å². The number of aliphatic hydroxyl groups excluding tert-OH is 5. The van der Waals surface area contributed by atoms with Crippen LogP contribution in [0.3, 0.4) is 0 Å². The van der Waals surface area contributed by atoms with Gasteiger partial charge in [0.2, 0.25) is 5.91 Å². The minimum absolute atomic E-state index is 0.108. The van der Waals surface area contributed by atoms with Gasteiger partial charge in [-0.25, -0.2) is 0 Å². The van der Waals surface area contributed by atoms with Crippen LogP contribution in [0.15, 0.2) is 60.8 Å². The molecule has 0 spiro atoms. The van der Waals surface area contributed by atoms with E-state index in [0.717, 1.165) is 103 Å². The van der Waals surface area contributed by atoms with Crippen molar-refractivity contribution >= 4 is 11.9 Å². The summed E-state index contributed by atoms with van der Waals surface area (Å²) in [4.78, 5) is 26.5. The summed E-state index contributed by atoms with van der Waals surface area (Å²) in [7, 11) is 0. The highest BCUT2D eigenvalue weighted by atomic mass is 16.7. The second-order valence-electron chi connectivity index (χ2n) is 21.1. The van der Waals surface area contributed by atoms with E-state index >= 15 is 0 Å². The van der Waals surface area contributed by atoms with Gasteiger partial charge in [-0.15, -0.1) is 0 Å². The monoisotopic (exact) mass is 1040 g/mol. The van der Waals surface area contributed by atoms with Crippen LogP contribution in [0.1, 0.15) is 265 Å². The van der Waals surface area contributed by atoms with Gasteiger partial charge in [-0.1, -0.05) is 229 Å². The third kappa shape index (κ3) is 38.8. The number of esters is 1. The molecule has 8 unspecified atom stereocenters. The van der Waals surface area contributed by atoms with Crippen molar-refractivity contribution in [3.8, 4) is 0 Å². The van der Waals surface area contributed by atoms with Crippen molar-refractivity contribution < 1.29 is 49.3 Å². The van der Waals surface area contributed by atoms with Gasteiger partial charge in [-0.3, -0.25) is 9.59 Å². The standard InChI is InChI=1S/C63H113NO10/c1-4-7-10-13-16-19-22-25-27-28-29-30-31-33-36-39-42-45-48-51-58(68)74-61-60(70)59(69)57(52-65)73-63(61)72-53-54(55(66)49-46-43-40-37-34-24-21-18-15-12-9-6-3)64-62(71)56(67)50-47-44-41-38-35-32-26-23-20-17-14-11-8-5-2/h16,19-20,23,25,27,29-30,46,49,54-57,59-61,63,65-67,69-70H,4-15,17-18,21-22,24,26,28,31-45,47-48,50-53H2,1-3H3,(H,64,71)/b19-16-,23-20-,27-25-,30-29-,49-46+. The highest BCUT2D eigenvalue weighted by Crippen LogP contribution is 2.26. The topological polar surface area (TPSA) is 175 Å². The Morgan fingerprint density at radius 3 is 1.45 bits per heavy atom. The fourth-order valence-electron chi connectivity index (χ4n) is 9.24. The predicted molar refractivity (Wildman–Crippen MR) is 306 cm³/mol. The molecule has 0 bridgehead atoms. The summed E-state index contributed by atoms with van der Waals surface area (Å²) in [6, 6.07) is -1.03. The quantitative estimate of drug-likeness (QED) is 0.0195. The summed E-state index contributed by atoms with van der Waals surface area (Å²) in [6.07, 6.45) is 52.5. The summed E-state index contributed by atoms with van der Waals surface area (Å²) >= 11 is 0. The molecule has 0 aromatic rings. The molecule has 1 amide bonds. The average molecular weight is 1040 g/mol. The van der Waals surface area contributed by atoms with Crippen LogP contribution in [0.4, 0.5) is 0 Å². The smallest absolute Gasteiger partial charge is 0.306 e. The van der Waals surface area contributed by atoms with E-state index in [2.05, 4.69) is 74.7 Å². The van der Waals surface area contributed by atoms with Gasteiger partial charge >= 0.3 is 5.97 Å². The zero-order chi connectivity index (χ0) is 54.0. The molecule has 1 saturated heterocycles. The summed E-state index contributed by atoms with van der Waals surface area (Å²) < 4.78 is 17.6. The van der Waals surface area contributed by atoms with E-state index in [1.807, 2.05) is 6.08 Å². The van der Waals surface area contributed by atoms with E-state index in [4.69, 9.17) is 14.2 Å². The molecule has 1 aliphatic heterocycles. The second kappa shape index (κ2) is 51.1.